The molecule has 8 heteroatoms. The Morgan fingerprint density at radius 3 is 3.00 bits per heavy atom. The Balaban J connectivity index is 1.96. The molecule has 1 N–H and O–H groups in total. The molecule has 2 heterocycles. The summed E-state index contributed by atoms with van der Waals surface area (Å²) in [6.07, 6.45) is 4.59. The van der Waals surface area contributed by atoms with Crippen molar-refractivity contribution in [2.24, 2.45) is 0 Å². The van der Waals surface area contributed by atoms with Gasteiger partial charge < -0.3 is 4.57 Å². The van der Waals surface area contributed by atoms with E-state index in [4.69, 9.17) is 0 Å². The number of carbonyl (C=O) groups excluding carboxylic acids is 1. The Bertz CT molecular complexity index is 683. The second-order valence-electron chi connectivity index (χ2n) is 4.47. The molecule has 0 unspecified atom stereocenters. The molecule has 1 amide bonds. The van der Waals surface area contributed by atoms with Gasteiger partial charge in [-0.25, -0.2) is 0 Å². The van der Waals surface area contributed by atoms with Gasteiger partial charge >= 0.3 is 0 Å². The number of rotatable bonds is 6. The number of amides is 1. The fraction of sp³-hybridized carbons (Fsp3) is 0.385. The zero-order valence-corrected chi connectivity index (χ0v) is 13.9. The highest BCUT2D eigenvalue weighted by molar-refractivity contribution is 9.10. The highest BCUT2D eigenvalue weighted by Gasteiger charge is 2.09. The van der Waals surface area contributed by atoms with E-state index < -0.39 is 0 Å². The average molecular weight is 371 g/mol. The minimum Gasteiger partial charge on any atom is -0.305 e. The predicted octanol–water partition coefficient (Wildman–Crippen LogP) is 2.44. The molecule has 0 radical (unpaired) electrons. The van der Waals surface area contributed by atoms with Crippen LogP contribution in [0.5, 0.6) is 0 Å². The molecule has 0 bridgehead atoms. The minimum absolute atomic E-state index is 0.0534. The Morgan fingerprint density at radius 1 is 1.43 bits per heavy atom. The first kappa shape index (κ1) is 15.8. The van der Waals surface area contributed by atoms with Crippen LogP contribution in [0.3, 0.4) is 0 Å². The van der Waals surface area contributed by atoms with Crippen molar-refractivity contribution in [1.29, 1.82) is 0 Å². The molecule has 0 saturated heterocycles. The normalized spacial score (nSPS) is 10.6. The second kappa shape index (κ2) is 7.46. The number of anilines is 1. The van der Waals surface area contributed by atoms with E-state index in [0.29, 0.717) is 5.13 Å². The number of nitrogens with one attached hydrogen (secondary N) is 1. The number of carbonyl (C=O) groups is 1. The Kier molecular flexibility index (Phi) is 5.63. The zero-order valence-electron chi connectivity index (χ0n) is 11.5. The van der Waals surface area contributed by atoms with Gasteiger partial charge in [-0.2, -0.15) is 0 Å². The molecule has 21 heavy (non-hydrogen) atoms. The molecule has 6 nitrogen and oxygen atoms in total. The van der Waals surface area contributed by atoms with Gasteiger partial charge in [0.05, 0.1) is 0 Å². The predicted molar refractivity (Wildman–Crippen MR) is 85.6 cm³/mol. The molecule has 2 rings (SSSR count). The van der Waals surface area contributed by atoms with E-state index in [1.54, 1.807) is 12.3 Å². The lowest BCUT2D eigenvalue weighted by molar-refractivity contribution is -0.116. The van der Waals surface area contributed by atoms with Crippen LogP contribution in [0.25, 0.3) is 0 Å². The lowest BCUT2D eigenvalue weighted by Gasteiger charge is -2.05. The number of nitrogens with zero attached hydrogens (tertiary/aromatic N) is 3. The number of hydrogen-bond donors (Lipinski definition) is 1. The first-order valence-corrected chi connectivity index (χ1v) is 8.17. The van der Waals surface area contributed by atoms with Crippen molar-refractivity contribution >= 4 is 38.3 Å². The number of hydrogen-bond acceptors (Lipinski definition) is 5. The van der Waals surface area contributed by atoms with Gasteiger partial charge in [0, 0.05) is 23.2 Å². The fourth-order valence-corrected chi connectivity index (χ4v) is 2.85. The summed E-state index contributed by atoms with van der Waals surface area (Å²) in [4.78, 5) is 23.5. The molecule has 2 aromatic heterocycles. The zero-order chi connectivity index (χ0) is 15.2. The molecular formula is C13H15BrN4O2S. The molecule has 0 aliphatic rings. The third-order valence-corrected chi connectivity index (χ3v) is 4.09. The summed E-state index contributed by atoms with van der Waals surface area (Å²) in [7, 11) is 0. The van der Waals surface area contributed by atoms with E-state index in [2.05, 4.69) is 38.4 Å². The van der Waals surface area contributed by atoms with E-state index in [9.17, 15) is 9.59 Å². The Labute approximate surface area is 134 Å². The molecular weight excluding hydrogens is 356 g/mol. The Morgan fingerprint density at radius 2 is 2.24 bits per heavy atom. The smallest absolute Gasteiger partial charge is 0.251 e. The van der Waals surface area contributed by atoms with Crippen LogP contribution in [0.4, 0.5) is 5.13 Å². The third kappa shape index (κ3) is 4.75. The quantitative estimate of drug-likeness (QED) is 0.846. The largest absolute Gasteiger partial charge is 0.305 e. The maximum absolute atomic E-state index is 11.9. The van der Waals surface area contributed by atoms with E-state index in [-0.39, 0.29) is 18.0 Å². The van der Waals surface area contributed by atoms with E-state index in [0.717, 1.165) is 28.7 Å². The van der Waals surface area contributed by atoms with Crippen molar-refractivity contribution in [2.45, 2.75) is 32.7 Å². The van der Waals surface area contributed by atoms with Crippen LogP contribution in [0.15, 0.2) is 27.6 Å². The lowest BCUT2D eigenvalue weighted by Crippen LogP contribution is -2.26. The maximum Gasteiger partial charge on any atom is 0.251 e. The average Bonchev–Trinajstić information content (AvgIpc) is 2.88. The van der Waals surface area contributed by atoms with Crippen LogP contribution in [0.2, 0.25) is 0 Å². The topological polar surface area (TPSA) is 76.9 Å². The van der Waals surface area contributed by atoms with Crippen molar-refractivity contribution < 1.29 is 4.79 Å². The Hall–Kier alpha value is -1.54. The summed E-state index contributed by atoms with van der Waals surface area (Å²) < 4.78 is 2.08. The SMILES string of the molecule is CCCCc1nnc(NC(=O)Cn2cc(Br)ccc2=O)s1. The first-order valence-electron chi connectivity index (χ1n) is 6.56. The summed E-state index contributed by atoms with van der Waals surface area (Å²) in [6.45, 7) is 2.06. The van der Waals surface area contributed by atoms with Gasteiger partial charge in [-0.05, 0) is 28.4 Å². The number of unbranched alkanes of at least 4 members (excludes halogenated alkanes) is 1. The maximum atomic E-state index is 11.9. The third-order valence-electron chi connectivity index (χ3n) is 2.72. The fourth-order valence-electron chi connectivity index (χ4n) is 1.67. The molecule has 0 spiro atoms. The molecule has 112 valence electrons. The molecule has 0 atom stereocenters. The molecule has 0 saturated carbocycles. The second-order valence-corrected chi connectivity index (χ2v) is 6.44. The van der Waals surface area contributed by atoms with Crippen molar-refractivity contribution in [1.82, 2.24) is 14.8 Å². The lowest BCUT2D eigenvalue weighted by atomic mass is 10.3. The van der Waals surface area contributed by atoms with Crippen LogP contribution >= 0.6 is 27.3 Å². The summed E-state index contributed by atoms with van der Waals surface area (Å²) in [5.74, 6) is -0.298. The van der Waals surface area contributed by atoms with Gasteiger partial charge in [0.25, 0.3) is 5.56 Å². The number of aryl methyl sites for hydroxylation is 1. The minimum atomic E-state index is -0.298. The van der Waals surface area contributed by atoms with Gasteiger partial charge in [0.2, 0.25) is 11.0 Å². The number of aromatic nitrogens is 3. The summed E-state index contributed by atoms with van der Waals surface area (Å²) in [6, 6.07) is 3.05. The standard InChI is InChI=1S/C13H15BrN4O2S/c1-2-3-4-11-16-17-13(21-11)15-10(19)8-18-7-9(14)5-6-12(18)20/h5-7H,2-4,8H2,1H3,(H,15,17,19). The molecule has 0 aliphatic carbocycles. The van der Waals surface area contributed by atoms with Crippen LogP contribution in [-0.2, 0) is 17.8 Å². The molecule has 2 aromatic rings. The van der Waals surface area contributed by atoms with Crippen LogP contribution in [0.1, 0.15) is 24.8 Å². The van der Waals surface area contributed by atoms with Crippen molar-refractivity contribution in [3.8, 4) is 0 Å². The molecule has 0 aromatic carbocycles. The van der Waals surface area contributed by atoms with E-state index in [1.807, 2.05) is 0 Å². The van der Waals surface area contributed by atoms with Gasteiger partial charge in [0.1, 0.15) is 11.6 Å². The molecule has 0 fully saturated rings. The van der Waals surface area contributed by atoms with Gasteiger partial charge in [-0.1, -0.05) is 24.7 Å². The van der Waals surface area contributed by atoms with Crippen LogP contribution in [0, 0.1) is 0 Å². The van der Waals surface area contributed by atoms with Gasteiger partial charge in [-0.3, -0.25) is 14.9 Å². The molecule has 0 aliphatic heterocycles. The first-order chi connectivity index (χ1) is 10.1. The van der Waals surface area contributed by atoms with E-state index >= 15 is 0 Å². The number of halogens is 1. The number of pyridine rings is 1. The van der Waals surface area contributed by atoms with Crippen LogP contribution in [-0.4, -0.2) is 20.7 Å². The van der Waals surface area contributed by atoms with Crippen LogP contribution < -0.4 is 10.9 Å². The van der Waals surface area contributed by atoms with Gasteiger partial charge in [0.15, 0.2) is 0 Å². The summed E-state index contributed by atoms with van der Waals surface area (Å²) in [5, 5.41) is 12.0. The van der Waals surface area contributed by atoms with Gasteiger partial charge in [-0.15, -0.1) is 10.2 Å². The monoisotopic (exact) mass is 370 g/mol. The van der Waals surface area contributed by atoms with Crippen molar-refractivity contribution in [2.75, 3.05) is 5.32 Å². The van der Waals surface area contributed by atoms with E-state index in [1.165, 1.54) is 22.0 Å². The summed E-state index contributed by atoms with van der Waals surface area (Å²) >= 11 is 4.64. The highest BCUT2D eigenvalue weighted by atomic mass is 79.9. The highest BCUT2D eigenvalue weighted by Crippen LogP contribution is 2.17. The summed E-state index contributed by atoms with van der Waals surface area (Å²) in [5.41, 5.74) is -0.228. The van der Waals surface area contributed by atoms with Crippen molar-refractivity contribution in [3.63, 3.8) is 0 Å². The van der Waals surface area contributed by atoms with Crippen molar-refractivity contribution in [3.05, 3.63) is 38.2 Å².